The van der Waals surface area contributed by atoms with Crippen molar-refractivity contribution in [3.05, 3.63) is 40.2 Å². The van der Waals surface area contributed by atoms with Crippen molar-refractivity contribution in [1.82, 2.24) is 4.98 Å². The van der Waals surface area contributed by atoms with E-state index >= 15 is 0 Å². The monoisotopic (exact) mass is 217 g/mol. The van der Waals surface area contributed by atoms with Gasteiger partial charge in [0.15, 0.2) is 0 Å². The lowest BCUT2D eigenvalue weighted by molar-refractivity contribution is 0.419. The van der Waals surface area contributed by atoms with Gasteiger partial charge in [0.05, 0.1) is 12.6 Å². The Morgan fingerprint density at radius 3 is 2.88 bits per heavy atom. The molecule has 0 bridgehead atoms. The van der Waals surface area contributed by atoms with Crippen LogP contribution in [0.5, 0.6) is 5.75 Å². The molecule has 2 aromatic rings. The quantitative estimate of drug-likeness (QED) is 0.858. The van der Waals surface area contributed by atoms with Crippen molar-refractivity contribution in [1.29, 1.82) is 0 Å². The molecule has 3 heteroatoms. The molecule has 1 aromatic carbocycles. The zero-order valence-electron chi connectivity index (χ0n) is 9.54. The summed E-state index contributed by atoms with van der Waals surface area (Å²) in [6, 6.07) is 7.36. The van der Waals surface area contributed by atoms with E-state index in [1.165, 1.54) is 0 Å². The van der Waals surface area contributed by atoms with Gasteiger partial charge in [-0.2, -0.15) is 0 Å². The van der Waals surface area contributed by atoms with E-state index in [-0.39, 0.29) is 5.56 Å². The lowest BCUT2D eigenvalue weighted by Crippen LogP contribution is -2.07. The molecule has 0 fully saturated rings. The smallest absolute Gasteiger partial charge is 0.248 e. The summed E-state index contributed by atoms with van der Waals surface area (Å²) in [5.74, 6) is 0.817. The van der Waals surface area contributed by atoms with Gasteiger partial charge in [-0.3, -0.25) is 4.79 Å². The largest absolute Gasteiger partial charge is 0.496 e. The summed E-state index contributed by atoms with van der Waals surface area (Å²) in [5, 5.41) is 1.02. The molecular weight excluding hydrogens is 202 g/mol. The summed E-state index contributed by atoms with van der Waals surface area (Å²) < 4.78 is 5.33. The minimum atomic E-state index is -0.0517. The highest BCUT2D eigenvalue weighted by molar-refractivity contribution is 5.88. The first-order valence-corrected chi connectivity index (χ1v) is 5.45. The third-order valence-corrected chi connectivity index (χ3v) is 2.65. The summed E-state index contributed by atoms with van der Waals surface area (Å²) in [4.78, 5) is 14.3. The number of fused-ring (bicyclic) bond motifs is 1. The van der Waals surface area contributed by atoms with Crippen LogP contribution >= 0.6 is 0 Å². The first-order valence-electron chi connectivity index (χ1n) is 5.45. The van der Waals surface area contributed by atoms with Crippen LogP contribution in [0.15, 0.2) is 29.1 Å². The highest BCUT2D eigenvalue weighted by Crippen LogP contribution is 2.27. The summed E-state index contributed by atoms with van der Waals surface area (Å²) in [7, 11) is 1.65. The summed E-state index contributed by atoms with van der Waals surface area (Å²) in [6.45, 7) is 2.10. The second-order valence-corrected chi connectivity index (χ2v) is 3.79. The molecule has 0 aliphatic carbocycles. The molecule has 1 heterocycles. The van der Waals surface area contributed by atoms with Crippen LogP contribution in [0.25, 0.3) is 10.9 Å². The molecule has 0 saturated carbocycles. The number of aromatic amines is 1. The first-order chi connectivity index (χ1) is 7.76. The Labute approximate surface area is 94.1 Å². The number of hydrogen-bond acceptors (Lipinski definition) is 2. The molecule has 0 saturated heterocycles. The second kappa shape index (κ2) is 4.39. The topological polar surface area (TPSA) is 42.1 Å². The molecule has 2 rings (SSSR count). The normalized spacial score (nSPS) is 10.6. The average Bonchev–Trinajstić information content (AvgIpc) is 2.28. The molecular formula is C13H15NO2. The zero-order valence-corrected chi connectivity index (χ0v) is 9.54. The fourth-order valence-corrected chi connectivity index (χ4v) is 2.00. The number of pyridine rings is 1. The van der Waals surface area contributed by atoms with Crippen LogP contribution in [0.1, 0.15) is 18.9 Å². The van der Waals surface area contributed by atoms with Crippen molar-refractivity contribution in [3.63, 3.8) is 0 Å². The SMILES string of the molecule is CCCc1cc(=O)[nH]c2cccc(OC)c12. The molecule has 0 amide bonds. The van der Waals surface area contributed by atoms with E-state index in [0.29, 0.717) is 0 Å². The molecule has 16 heavy (non-hydrogen) atoms. The number of nitrogens with one attached hydrogen (secondary N) is 1. The average molecular weight is 217 g/mol. The summed E-state index contributed by atoms with van der Waals surface area (Å²) in [6.07, 6.45) is 1.90. The molecule has 0 unspecified atom stereocenters. The third kappa shape index (κ3) is 1.81. The number of ether oxygens (including phenoxy) is 1. The van der Waals surface area contributed by atoms with Gasteiger partial charge >= 0.3 is 0 Å². The fourth-order valence-electron chi connectivity index (χ4n) is 2.00. The van der Waals surface area contributed by atoms with Gasteiger partial charge in [-0.15, -0.1) is 0 Å². The number of aromatic nitrogens is 1. The van der Waals surface area contributed by atoms with Gasteiger partial charge in [0.2, 0.25) is 5.56 Å². The minimum absolute atomic E-state index is 0.0517. The molecule has 0 radical (unpaired) electrons. The van der Waals surface area contributed by atoms with E-state index in [2.05, 4.69) is 11.9 Å². The number of H-pyrrole nitrogens is 1. The third-order valence-electron chi connectivity index (χ3n) is 2.65. The highest BCUT2D eigenvalue weighted by Gasteiger charge is 2.07. The number of methoxy groups -OCH3 is 1. The van der Waals surface area contributed by atoms with Crippen LogP contribution in [0.2, 0.25) is 0 Å². The maximum Gasteiger partial charge on any atom is 0.248 e. The summed E-state index contributed by atoms with van der Waals surface area (Å²) in [5.41, 5.74) is 1.85. The Morgan fingerprint density at radius 1 is 1.38 bits per heavy atom. The van der Waals surface area contributed by atoms with E-state index in [1.54, 1.807) is 13.2 Å². The number of hydrogen-bond donors (Lipinski definition) is 1. The molecule has 0 atom stereocenters. The maximum atomic E-state index is 11.5. The minimum Gasteiger partial charge on any atom is -0.496 e. The van der Waals surface area contributed by atoms with Crippen molar-refractivity contribution in [2.45, 2.75) is 19.8 Å². The molecule has 1 aromatic heterocycles. The molecule has 0 aliphatic heterocycles. The number of benzene rings is 1. The highest BCUT2D eigenvalue weighted by atomic mass is 16.5. The van der Waals surface area contributed by atoms with Crippen LogP contribution in [-0.2, 0) is 6.42 Å². The standard InChI is InChI=1S/C13H15NO2/c1-3-5-9-8-12(15)14-10-6-4-7-11(16-2)13(9)10/h4,6-8H,3,5H2,1-2H3,(H,14,15). The predicted octanol–water partition coefficient (Wildman–Crippen LogP) is 2.49. The molecule has 3 nitrogen and oxygen atoms in total. The van der Waals surface area contributed by atoms with Gasteiger partial charge in [0.1, 0.15) is 5.75 Å². The maximum absolute atomic E-state index is 11.5. The van der Waals surface area contributed by atoms with Crippen molar-refractivity contribution >= 4 is 10.9 Å². The van der Waals surface area contributed by atoms with E-state index in [9.17, 15) is 4.79 Å². The van der Waals surface area contributed by atoms with E-state index < -0.39 is 0 Å². The van der Waals surface area contributed by atoms with Crippen molar-refractivity contribution in [3.8, 4) is 5.75 Å². The Balaban J connectivity index is 2.79. The van der Waals surface area contributed by atoms with Gasteiger partial charge in [-0.1, -0.05) is 19.4 Å². The van der Waals surface area contributed by atoms with Crippen molar-refractivity contribution in [2.75, 3.05) is 7.11 Å². The molecule has 0 aliphatic rings. The lowest BCUT2D eigenvalue weighted by atomic mass is 10.0. The van der Waals surface area contributed by atoms with Crippen LogP contribution in [0, 0.1) is 0 Å². The Bertz CT molecular complexity index is 557. The Morgan fingerprint density at radius 2 is 2.19 bits per heavy atom. The molecule has 1 N–H and O–H groups in total. The van der Waals surface area contributed by atoms with E-state index in [0.717, 1.165) is 35.1 Å². The first kappa shape index (κ1) is 10.7. The fraction of sp³-hybridized carbons (Fsp3) is 0.308. The van der Waals surface area contributed by atoms with Crippen LogP contribution < -0.4 is 10.3 Å². The van der Waals surface area contributed by atoms with Crippen molar-refractivity contribution < 1.29 is 4.74 Å². The van der Waals surface area contributed by atoms with Gasteiger partial charge in [0.25, 0.3) is 0 Å². The second-order valence-electron chi connectivity index (χ2n) is 3.79. The van der Waals surface area contributed by atoms with Gasteiger partial charge in [-0.05, 0) is 24.1 Å². The Hall–Kier alpha value is -1.77. The molecule has 84 valence electrons. The van der Waals surface area contributed by atoms with E-state index in [1.807, 2.05) is 18.2 Å². The van der Waals surface area contributed by atoms with Crippen LogP contribution in [0.4, 0.5) is 0 Å². The lowest BCUT2D eigenvalue weighted by Gasteiger charge is -2.09. The predicted molar refractivity (Wildman–Crippen MR) is 65.1 cm³/mol. The molecule has 0 spiro atoms. The van der Waals surface area contributed by atoms with Crippen LogP contribution in [-0.4, -0.2) is 12.1 Å². The zero-order chi connectivity index (χ0) is 11.5. The van der Waals surface area contributed by atoms with Gasteiger partial charge < -0.3 is 9.72 Å². The Kier molecular flexibility index (Phi) is 2.95. The van der Waals surface area contributed by atoms with Crippen molar-refractivity contribution in [2.24, 2.45) is 0 Å². The van der Waals surface area contributed by atoms with Gasteiger partial charge in [0, 0.05) is 11.5 Å². The number of rotatable bonds is 3. The van der Waals surface area contributed by atoms with Gasteiger partial charge in [-0.25, -0.2) is 0 Å². The summed E-state index contributed by atoms with van der Waals surface area (Å²) >= 11 is 0. The van der Waals surface area contributed by atoms with E-state index in [4.69, 9.17) is 4.74 Å². The number of aryl methyl sites for hydroxylation is 1. The van der Waals surface area contributed by atoms with Crippen LogP contribution in [0.3, 0.4) is 0 Å².